The monoisotopic (exact) mass is 241 g/mol. The lowest BCUT2D eigenvalue weighted by atomic mass is 9.87. The molecule has 0 radical (unpaired) electrons. The van der Waals surface area contributed by atoms with Gasteiger partial charge >= 0.3 is 0 Å². The fourth-order valence-electron chi connectivity index (χ4n) is 2.09. The maximum absolute atomic E-state index is 6.41. The summed E-state index contributed by atoms with van der Waals surface area (Å²) in [6.45, 7) is 2.06. The number of hydrogen-bond acceptors (Lipinski definition) is 2. The average molecular weight is 241 g/mol. The highest BCUT2D eigenvalue weighted by Gasteiger charge is 2.21. The van der Waals surface area contributed by atoms with Crippen LogP contribution in [0.5, 0.6) is 5.75 Å². The zero-order valence-electron chi connectivity index (χ0n) is 10.9. The van der Waals surface area contributed by atoms with Crippen LogP contribution in [0.3, 0.4) is 0 Å². The molecule has 18 heavy (non-hydrogen) atoms. The molecule has 94 valence electrons. The smallest absolute Gasteiger partial charge is 0.118 e. The quantitative estimate of drug-likeness (QED) is 0.892. The van der Waals surface area contributed by atoms with Crippen molar-refractivity contribution in [1.29, 1.82) is 0 Å². The predicted octanol–water partition coefficient (Wildman–Crippen LogP) is 3.11. The Kier molecular flexibility index (Phi) is 3.68. The van der Waals surface area contributed by atoms with Gasteiger partial charge in [-0.3, -0.25) is 0 Å². The summed E-state index contributed by atoms with van der Waals surface area (Å²) in [5.41, 5.74) is 8.42. The molecule has 0 aromatic heterocycles. The van der Waals surface area contributed by atoms with Gasteiger partial charge in [0.25, 0.3) is 0 Å². The number of hydrogen-bond donors (Lipinski definition) is 1. The molecule has 0 amide bonds. The minimum Gasteiger partial charge on any atom is -0.497 e. The Hall–Kier alpha value is -1.80. The second-order valence-corrected chi connectivity index (χ2v) is 4.81. The van der Waals surface area contributed by atoms with Crippen LogP contribution in [0.25, 0.3) is 0 Å². The molecule has 2 aromatic carbocycles. The second-order valence-electron chi connectivity index (χ2n) is 4.81. The van der Waals surface area contributed by atoms with E-state index in [1.165, 1.54) is 5.56 Å². The minimum absolute atomic E-state index is 0.351. The third-order valence-corrected chi connectivity index (χ3v) is 3.16. The van der Waals surface area contributed by atoms with Crippen molar-refractivity contribution in [1.82, 2.24) is 0 Å². The van der Waals surface area contributed by atoms with Crippen LogP contribution in [-0.2, 0) is 12.0 Å². The van der Waals surface area contributed by atoms with Gasteiger partial charge in [0, 0.05) is 5.54 Å². The van der Waals surface area contributed by atoms with Crippen molar-refractivity contribution < 1.29 is 4.74 Å². The Morgan fingerprint density at radius 1 is 1.00 bits per heavy atom. The first kappa shape index (κ1) is 12.7. The lowest BCUT2D eigenvalue weighted by Gasteiger charge is -2.25. The van der Waals surface area contributed by atoms with Gasteiger partial charge in [-0.2, -0.15) is 0 Å². The largest absolute Gasteiger partial charge is 0.497 e. The molecule has 2 heteroatoms. The molecular weight excluding hydrogens is 222 g/mol. The Morgan fingerprint density at radius 3 is 2.17 bits per heavy atom. The van der Waals surface area contributed by atoms with E-state index in [0.29, 0.717) is 0 Å². The lowest BCUT2D eigenvalue weighted by molar-refractivity contribution is 0.414. The topological polar surface area (TPSA) is 35.2 Å². The van der Waals surface area contributed by atoms with Crippen LogP contribution >= 0.6 is 0 Å². The molecule has 2 N–H and O–H groups in total. The summed E-state index contributed by atoms with van der Waals surface area (Å²) in [4.78, 5) is 0. The van der Waals surface area contributed by atoms with Crippen molar-refractivity contribution in [2.45, 2.75) is 18.9 Å². The molecule has 0 aliphatic heterocycles. The molecule has 1 atom stereocenters. The Bertz CT molecular complexity index is 488. The molecule has 0 spiro atoms. The van der Waals surface area contributed by atoms with Gasteiger partial charge in [-0.05, 0) is 36.6 Å². The summed E-state index contributed by atoms with van der Waals surface area (Å²) in [5, 5.41) is 0. The number of rotatable bonds is 4. The van der Waals surface area contributed by atoms with E-state index in [9.17, 15) is 0 Å². The molecule has 2 aromatic rings. The normalized spacial score (nSPS) is 13.9. The standard InChI is InChI=1S/C16H19NO/c1-16(17,14-6-4-3-5-7-14)12-13-8-10-15(18-2)11-9-13/h3-11H,12,17H2,1-2H3. The molecule has 2 nitrogen and oxygen atoms in total. The van der Waals surface area contributed by atoms with Crippen LogP contribution in [0.1, 0.15) is 18.1 Å². The summed E-state index contributed by atoms with van der Waals surface area (Å²) in [7, 11) is 1.67. The van der Waals surface area contributed by atoms with Crippen molar-refractivity contribution in [3.05, 3.63) is 65.7 Å². The van der Waals surface area contributed by atoms with E-state index in [0.717, 1.165) is 17.7 Å². The molecule has 0 heterocycles. The zero-order valence-corrected chi connectivity index (χ0v) is 10.9. The van der Waals surface area contributed by atoms with E-state index in [2.05, 4.69) is 31.2 Å². The molecule has 0 bridgehead atoms. The fourth-order valence-corrected chi connectivity index (χ4v) is 2.09. The van der Waals surface area contributed by atoms with E-state index >= 15 is 0 Å². The summed E-state index contributed by atoms with van der Waals surface area (Å²) >= 11 is 0. The maximum Gasteiger partial charge on any atom is 0.118 e. The van der Waals surface area contributed by atoms with Gasteiger partial charge in [0.05, 0.1) is 7.11 Å². The number of ether oxygens (including phenoxy) is 1. The minimum atomic E-state index is -0.351. The van der Waals surface area contributed by atoms with E-state index in [4.69, 9.17) is 10.5 Å². The van der Waals surface area contributed by atoms with Crippen molar-refractivity contribution in [2.75, 3.05) is 7.11 Å². The first-order valence-electron chi connectivity index (χ1n) is 6.09. The number of methoxy groups -OCH3 is 1. The Labute approximate surface area is 108 Å². The highest BCUT2D eigenvalue weighted by atomic mass is 16.5. The molecule has 0 saturated carbocycles. The molecule has 2 rings (SSSR count). The van der Waals surface area contributed by atoms with E-state index in [1.807, 2.05) is 30.3 Å². The molecule has 0 aliphatic rings. The average Bonchev–Trinajstić information content (AvgIpc) is 2.40. The first-order valence-corrected chi connectivity index (χ1v) is 6.09. The van der Waals surface area contributed by atoms with Crippen molar-refractivity contribution >= 4 is 0 Å². The molecule has 0 fully saturated rings. The van der Waals surface area contributed by atoms with Gasteiger partial charge in [0.2, 0.25) is 0 Å². The third-order valence-electron chi connectivity index (χ3n) is 3.16. The van der Waals surface area contributed by atoms with E-state index in [1.54, 1.807) is 7.11 Å². The molecule has 0 saturated heterocycles. The first-order chi connectivity index (χ1) is 8.62. The zero-order chi connectivity index (χ0) is 13.0. The second kappa shape index (κ2) is 5.23. The van der Waals surface area contributed by atoms with Gasteiger partial charge < -0.3 is 10.5 Å². The van der Waals surface area contributed by atoms with Gasteiger partial charge in [0.1, 0.15) is 5.75 Å². The summed E-state index contributed by atoms with van der Waals surface area (Å²) in [6.07, 6.45) is 0.807. The maximum atomic E-state index is 6.41. The Balaban J connectivity index is 2.16. The Morgan fingerprint density at radius 2 is 1.61 bits per heavy atom. The highest BCUT2D eigenvalue weighted by Crippen LogP contribution is 2.23. The van der Waals surface area contributed by atoms with Crippen molar-refractivity contribution in [3.8, 4) is 5.75 Å². The lowest BCUT2D eigenvalue weighted by Crippen LogP contribution is -2.35. The summed E-state index contributed by atoms with van der Waals surface area (Å²) < 4.78 is 5.15. The van der Waals surface area contributed by atoms with Gasteiger partial charge in [-0.15, -0.1) is 0 Å². The highest BCUT2D eigenvalue weighted by molar-refractivity contribution is 5.31. The van der Waals surface area contributed by atoms with Crippen LogP contribution in [0.15, 0.2) is 54.6 Å². The predicted molar refractivity (Wildman–Crippen MR) is 74.7 cm³/mol. The van der Waals surface area contributed by atoms with Crippen LogP contribution in [0, 0.1) is 0 Å². The van der Waals surface area contributed by atoms with Crippen LogP contribution in [-0.4, -0.2) is 7.11 Å². The van der Waals surface area contributed by atoms with E-state index < -0.39 is 0 Å². The summed E-state index contributed by atoms with van der Waals surface area (Å²) in [6, 6.07) is 18.3. The van der Waals surface area contributed by atoms with Gasteiger partial charge in [-0.25, -0.2) is 0 Å². The molecule has 1 unspecified atom stereocenters. The van der Waals surface area contributed by atoms with Crippen molar-refractivity contribution in [3.63, 3.8) is 0 Å². The third kappa shape index (κ3) is 2.90. The number of benzene rings is 2. The number of nitrogens with two attached hydrogens (primary N) is 1. The fraction of sp³-hybridized carbons (Fsp3) is 0.250. The molecular formula is C16H19NO. The van der Waals surface area contributed by atoms with E-state index in [-0.39, 0.29) is 5.54 Å². The van der Waals surface area contributed by atoms with Crippen LogP contribution in [0.4, 0.5) is 0 Å². The van der Waals surface area contributed by atoms with Crippen LogP contribution in [0.2, 0.25) is 0 Å². The van der Waals surface area contributed by atoms with Gasteiger partial charge in [-0.1, -0.05) is 42.5 Å². The molecule has 0 aliphatic carbocycles. The van der Waals surface area contributed by atoms with Crippen molar-refractivity contribution in [2.24, 2.45) is 5.73 Å². The van der Waals surface area contributed by atoms with Crippen LogP contribution < -0.4 is 10.5 Å². The summed E-state index contributed by atoms with van der Waals surface area (Å²) in [5.74, 6) is 0.872. The SMILES string of the molecule is COc1ccc(CC(C)(N)c2ccccc2)cc1. The van der Waals surface area contributed by atoms with Gasteiger partial charge in [0.15, 0.2) is 0 Å².